The molecule has 0 aliphatic heterocycles. The number of carbonyl (C=O) groups is 1. The number of primary amides is 1. The van der Waals surface area contributed by atoms with E-state index in [1.54, 1.807) is 0 Å². The van der Waals surface area contributed by atoms with E-state index in [9.17, 15) is 4.79 Å². The van der Waals surface area contributed by atoms with Crippen LogP contribution in [-0.4, -0.2) is 30.8 Å². The molecule has 0 saturated carbocycles. The first-order valence-electron chi connectivity index (χ1n) is 3.27. The highest BCUT2D eigenvalue weighted by molar-refractivity contribution is 7.80. The molecule has 0 aromatic heterocycles. The van der Waals surface area contributed by atoms with Gasteiger partial charge >= 0.3 is 0 Å². The van der Waals surface area contributed by atoms with Crippen molar-refractivity contribution in [2.45, 2.75) is 0 Å². The van der Waals surface area contributed by atoms with Gasteiger partial charge in [0.05, 0.1) is 6.61 Å². The number of amides is 1. The van der Waals surface area contributed by atoms with Gasteiger partial charge in [-0.15, -0.1) is 0 Å². The number of hydrogen-bond acceptors (Lipinski definition) is 4. The minimum Gasteiger partial charge on any atom is -0.370 e. The molecule has 0 bridgehead atoms. The molecule has 0 rings (SSSR count). The van der Waals surface area contributed by atoms with Crippen LogP contribution in [0.5, 0.6) is 0 Å². The third kappa shape index (κ3) is 7.19. The Hall–Kier alpha value is -0.920. The van der Waals surface area contributed by atoms with E-state index in [2.05, 4.69) is 23.0 Å². The Morgan fingerprint density at radius 2 is 2.25 bits per heavy atom. The van der Waals surface area contributed by atoms with Crippen LogP contribution < -0.4 is 22.3 Å². The molecule has 0 radical (unpaired) electrons. The van der Waals surface area contributed by atoms with Gasteiger partial charge in [-0.3, -0.25) is 4.79 Å². The predicted molar refractivity (Wildman–Crippen MR) is 47.9 cm³/mol. The Morgan fingerprint density at radius 3 is 2.75 bits per heavy atom. The maximum absolute atomic E-state index is 10.2. The fourth-order valence-corrected chi connectivity index (χ4v) is 0.563. The molecule has 0 unspecified atom stereocenters. The lowest BCUT2D eigenvalue weighted by atomic mass is 10.6. The van der Waals surface area contributed by atoms with Crippen molar-refractivity contribution in [2.75, 3.05) is 19.8 Å². The molecule has 70 valence electrons. The van der Waals surface area contributed by atoms with Crippen LogP contribution in [0.25, 0.3) is 0 Å². The van der Waals surface area contributed by atoms with E-state index in [-0.39, 0.29) is 6.61 Å². The highest BCUT2D eigenvalue weighted by Crippen LogP contribution is 1.71. The standard InChI is InChI=1S/C5H12N4O2S/c6-4(10)3-11-2-1-8-5(12)9-7/h1-3,7H2,(H2,6,10)(H2,8,9,12). The van der Waals surface area contributed by atoms with Crippen LogP contribution in [0.4, 0.5) is 0 Å². The van der Waals surface area contributed by atoms with Crippen molar-refractivity contribution in [2.24, 2.45) is 11.6 Å². The summed E-state index contributed by atoms with van der Waals surface area (Å²) in [5, 5.41) is 3.06. The highest BCUT2D eigenvalue weighted by Gasteiger charge is 1.94. The van der Waals surface area contributed by atoms with Crippen molar-refractivity contribution in [3.05, 3.63) is 0 Å². The number of nitrogens with two attached hydrogens (primary N) is 2. The molecule has 7 heteroatoms. The molecular formula is C5H12N4O2S. The summed E-state index contributed by atoms with van der Waals surface area (Å²) in [4.78, 5) is 10.2. The largest absolute Gasteiger partial charge is 0.370 e. The molecule has 0 aromatic carbocycles. The zero-order valence-electron chi connectivity index (χ0n) is 6.50. The van der Waals surface area contributed by atoms with Gasteiger partial charge in [-0.2, -0.15) is 0 Å². The summed E-state index contributed by atoms with van der Waals surface area (Å²) in [5.74, 6) is 4.48. The number of thiocarbonyl (C=S) groups is 1. The Bertz CT molecular complexity index is 164. The molecule has 12 heavy (non-hydrogen) atoms. The molecule has 0 fully saturated rings. The van der Waals surface area contributed by atoms with E-state index in [4.69, 9.17) is 16.3 Å². The van der Waals surface area contributed by atoms with Crippen LogP contribution in [0.2, 0.25) is 0 Å². The van der Waals surface area contributed by atoms with Crippen LogP contribution >= 0.6 is 12.2 Å². The van der Waals surface area contributed by atoms with Gasteiger partial charge < -0.3 is 21.2 Å². The lowest BCUT2D eigenvalue weighted by Crippen LogP contribution is -2.41. The third-order valence-electron chi connectivity index (χ3n) is 0.907. The topological polar surface area (TPSA) is 102 Å². The summed E-state index contributed by atoms with van der Waals surface area (Å²) in [5.41, 5.74) is 7.06. The summed E-state index contributed by atoms with van der Waals surface area (Å²) in [6.07, 6.45) is 0. The zero-order chi connectivity index (χ0) is 9.40. The summed E-state index contributed by atoms with van der Waals surface area (Å²) in [7, 11) is 0. The van der Waals surface area contributed by atoms with Crippen LogP contribution in [0.3, 0.4) is 0 Å². The molecule has 0 spiro atoms. The monoisotopic (exact) mass is 192 g/mol. The number of carbonyl (C=O) groups excluding carboxylic acids is 1. The first-order chi connectivity index (χ1) is 5.66. The summed E-state index contributed by atoms with van der Waals surface area (Å²) >= 11 is 4.66. The van der Waals surface area contributed by atoms with E-state index in [1.807, 2.05) is 0 Å². The first-order valence-corrected chi connectivity index (χ1v) is 3.68. The molecule has 0 aliphatic carbocycles. The quantitative estimate of drug-likeness (QED) is 0.171. The van der Waals surface area contributed by atoms with Gasteiger partial charge in [0.15, 0.2) is 5.11 Å². The smallest absolute Gasteiger partial charge is 0.243 e. The molecule has 0 aliphatic rings. The van der Waals surface area contributed by atoms with E-state index in [0.717, 1.165) is 0 Å². The zero-order valence-corrected chi connectivity index (χ0v) is 7.32. The van der Waals surface area contributed by atoms with Crippen molar-refractivity contribution in [3.63, 3.8) is 0 Å². The fraction of sp³-hybridized carbons (Fsp3) is 0.600. The van der Waals surface area contributed by atoms with Crippen LogP contribution in [0, 0.1) is 0 Å². The van der Waals surface area contributed by atoms with Crippen LogP contribution in [0.15, 0.2) is 0 Å². The average molecular weight is 192 g/mol. The highest BCUT2D eigenvalue weighted by atomic mass is 32.1. The fourth-order valence-electron chi connectivity index (χ4n) is 0.461. The summed E-state index contributed by atoms with van der Waals surface area (Å²) in [6, 6.07) is 0. The number of rotatable bonds is 5. The minimum atomic E-state index is -0.491. The lowest BCUT2D eigenvalue weighted by Gasteiger charge is -2.05. The van der Waals surface area contributed by atoms with Crippen molar-refractivity contribution in [1.29, 1.82) is 0 Å². The number of hydrazine groups is 1. The van der Waals surface area contributed by atoms with Gasteiger partial charge in [0.1, 0.15) is 6.61 Å². The molecule has 0 atom stereocenters. The maximum Gasteiger partial charge on any atom is 0.243 e. The van der Waals surface area contributed by atoms with Crippen molar-refractivity contribution >= 4 is 23.2 Å². The Kier molecular flexibility index (Phi) is 6.25. The van der Waals surface area contributed by atoms with Crippen LogP contribution in [-0.2, 0) is 9.53 Å². The Morgan fingerprint density at radius 1 is 1.58 bits per heavy atom. The van der Waals surface area contributed by atoms with E-state index in [0.29, 0.717) is 18.3 Å². The Labute approximate surface area is 75.6 Å². The van der Waals surface area contributed by atoms with Crippen LogP contribution in [0.1, 0.15) is 0 Å². The Balaban J connectivity index is 3.11. The normalized spacial score (nSPS) is 9.08. The maximum atomic E-state index is 10.2. The number of ether oxygens (including phenoxy) is 1. The van der Waals surface area contributed by atoms with Gasteiger partial charge in [-0.25, -0.2) is 5.84 Å². The van der Waals surface area contributed by atoms with Crippen molar-refractivity contribution < 1.29 is 9.53 Å². The first kappa shape index (κ1) is 11.1. The van der Waals surface area contributed by atoms with E-state index < -0.39 is 5.91 Å². The molecule has 1 amide bonds. The molecule has 0 saturated heterocycles. The number of hydrogen-bond donors (Lipinski definition) is 4. The average Bonchev–Trinajstić information content (AvgIpc) is 2.03. The third-order valence-corrected chi connectivity index (χ3v) is 1.17. The van der Waals surface area contributed by atoms with Gasteiger partial charge in [0.2, 0.25) is 5.91 Å². The van der Waals surface area contributed by atoms with Gasteiger partial charge in [-0.05, 0) is 12.2 Å². The predicted octanol–water partition coefficient (Wildman–Crippen LogP) is -2.17. The van der Waals surface area contributed by atoms with Crippen molar-refractivity contribution in [1.82, 2.24) is 10.7 Å². The van der Waals surface area contributed by atoms with E-state index in [1.165, 1.54) is 0 Å². The molecule has 0 heterocycles. The second-order valence-corrected chi connectivity index (χ2v) is 2.33. The number of nitrogens with one attached hydrogen (secondary N) is 2. The van der Waals surface area contributed by atoms with Gasteiger partial charge in [0, 0.05) is 6.54 Å². The second kappa shape index (κ2) is 6.77. The van der Waals surface area contributed by atoms with Gasteiger partial charge in [0.25, 0.3) is 0 Å². The van der Waals surface area contributed by atoms with Gasteiger partial charge in [-0.1, -0.05) is 0 Å². The SMILES string of the molecule is NNC(=S)NCCOCC(N)=O. The molecule has 6 N–H and O–H groups in total. The molecule has 6 nitrogen and oxygen atoms in total. The summed E-state index contributed by atoms with van der Waals surface area (Å²) < 4.78 is 4.82. The molecule has 0 aromatic rings. The molecular weight excluding hydrogens is 180 g/mol. The summed E-state index contributed by atoms with van der Waals surface area (Å²) in [6.45, 7) is 0.756. The van der Waals surface area contributed by atoms with Crippen molar-refractivity contribution in [3.8, 4) is 0 Å². The minimum absolute atomic E-state index is 0.0789. The second-order valence-electron chi connectivity index (χ2n) is 1.92. The van der Waals surface area contributed by atoms with E-state index >= 15 is 0 Å². The lowest BCUT2D eigenvalue weighted by molar-refractivity contribution is -0.122.